The van der Waals surface area contributed by atoms with E-state index in [2.05, 4.69) is 43.5 Å². The molecule has 1 heterocycles. The van der Waals surface area contributed by atoms with E-state index in [-0.39, 0.29) is 5.54 Å². The molecule has 0 radical (unpaired) electrons. The molecule has 2 heteroatoms. The molecule has 1 aliphatic rings. The van der Waals surface area contributed by atoms with Crippen molar-refractivity contribution in [1.29, 1.82) is 0 Å². The summed E-state index contributed by atoms with van der Waals surface area (Å²) in [4.78, 5) is 0. The van der Waals surface area contributed by atoms with Gasteiger partial charge in [0.15, 0.2) is 0 Å². The molecule has 1 aromatic heterocycles. The Morgan fingerprint density at radius 1 is 1.32 bits per heavy atom. The van der Waals surface area contributed by atoms with Crippen LogP contribution in [-0.4, -0.2) is 5.54 Å². The quantitative estimate of drug-likeness (QED) is 0.850. The van der Waals surface area contributed by atoms with Gasteiger partial charge in [0.2, 0.25) is 0 Å². The van der Waals surface area contributed by atoms with E-state index in [1.54, 1.807) is 0 Å². The number of rotatable bonds is 2. The van der Waals surface area contributed by atoms with Gasteiger partial charge in [-0.2, -0.15) is 0 Å². The first-order valence-electron chi connectivity index (χ1n) is 7.34. The lowest BCUT2D eigenvalue weighted by atomic mass is 9.66. The van der Waals surface area contributed by atoms with Gasteiger partial charge in [0.05, 0.1) is 0 Å². The van der Waals surface area contributed by atoms with Gasteiger partial charge in [-0.05, 0) is 47.1 Å². The fourth-order valence-corrected chi connectivity index (χ4v) is 4.53. The zero-order valence-electron chi connectivity index (χ0n) is 11.9. The summed E-state index contributed by atoms with van der Waals surface area (Å²) < 4.78 is 1.39. The second-order valence-corrected chi connectivity index (χ2v) is 7.24. The van der Waals surface area contributed by atoms with Crippen molar-refractivity contribution in [3.63, 3.8) is 0 Å². The zero-order chi connectivity index (χ0) is 13.5. The van der Waals surface area contributed by atoms with E-state index in [0.29, 0.717) is 5.92 Å². The first-order valence-corrected chi connectivity index (χ1v) is 8.22. The lowest BCUT2D eigenvalue weighted by Crippen LogP contribution is -2.52. The fraction of sp³-hybridized carbons (Fsp3) is 0.529. The highest BCUT2D eigenvalue weighted by Crippen LogP contribution is 2.39. The molecule has 0 amide bonds. The normalized spacial score (nSPS) is 31.7. The maximum atomic E-state index is 6.78. The second kappa shape index (κ2) is 4.92. The molecule has 0 bridgehead atoms. The Kier molecular flexibility index (Phi) is 3.40. The van der Waals surface area contributed by atoms with Crippen LogP contribution in [0.5, 0.6) is 0 Å². The Hall–Kier alpha value is -0.860. The summed E-state index contributed by atoms with van der Waals surface area (Å²) >= 11 is 1.85. The van der Waals surface area contributed by atoms with Crippen LogP contribution in [-0.2, 0) is 6.42 Å². The SMILES string of the molecule is CC1CCCC(N)(Cc2csc3ccccc23)C1C. The predicted octanol–water partition coefficient (Wildman–Crippen LogP) is 4.60. The van der Waals surface area contributed by atoms with Crippen LogP contribution in [0.3, 0.4) is 0 Å². The highest BCUT2D eigenvalue weighted by atomic mass is 32.1. The number of thiophene rings is 1. The van der Waals surface area contributed by atoms with Gasteiger partial charge >= 0.3 is 0 Å². The average Bonchev–Trinajstić information content (AvgIpc) is 2.80. The van der Waals surface area contributed by atoms with Gasteiger partial charge < -0.3 is 5.73 Å². The van der Waals surface area contributed by atoms with Gasteiger partial charge in [-0.3, -0.25) is 0 Å². The Labute approximate surface area is 119 Å². The lowest BCUT2D eigenvalue weighted by Gasteiger charge is -2.43. The van der Waals surface area contributed by atoms with Crippen LogP contribution < -0.4 is 5.73 Å². The van der Waals surface area contributed by atoms with Crippen molar-refractivity contribution < 1.29 is 0 Å². The number of benzene rings is 1. The maximum absolute atomic E-state index is 6.78. The second-order valence-electron chi connectivity index (χ2n) is 6.33. The number of hydrogen-bond acceptors (Lipinski definition) is 2. The van der Waals surface area contributed by atoms with E-state index in [4.69, 9.17) is 5.73 Å². The molecule has 1 saturated carbocycles. The molecule has 2 aromatic rings. The molecule has 3 atom stereocenters. The number of hydrogen-bond donors (Lipinski definition) is 1. The molecule has 1 fully saturated rings. The van der Waals surface area contributed by atoms with Gasteiger partial charge in [-0.1, -0.05) is 44.9 Å². The molecule has 19 heavy (non-hydrogen) atoms. The molecule has 102 valence electrons. The molecule has 2 N–H and O–H groups in total. The van der Waals surface area contributed by atoms with Gasteiger partial charge in [-0.25, -0.2) is 0 Å². The van der Waals surface area contributed by atoms with Gasteiger partial charge in [0.25, 0.3) is 0 Å². The van der Waals surface area contributed by atoms with Crippen molar-refractivity contribution in [3.8, 4) is 0 Å². The smallest absolute Gasteiger partial charge is 0.0345 e. The molecule has 0 spiro atoms. The number of nitrogens with two attached hydrogens (primary N) is 1. The topological polar surface area (TPSA) is 26.0 Å². The minimum absolute atomic E-state index is 0.0124. The lowest BCUT2D eigenvalue weighted by molar-refractivity contribution is 0.144. The summed E-state index contributed by atoms with van der Waals surface area (Å²) in [5, 5.41) is 3.72. The molecule has 1 aliphatic carbocycles. The van der Waals surface area contributed by atoms with Crippen LogP contribution >= 0.6 is 11.3 Å². The van der Waals surface area contributed by atoms with Gasteiger partial charge in [0, 0.05) is 10.2 Å². The molecule has 3 rings (SSSR count). The molecular formula is C17H23NS. The van der Waals surface area contributed by atoms with Crippen LogP contribution in [0.2, 0.25) is 0 Å². The summed E-state index contributed by atoms with van der Waals surface area (Å²) in [5.74, 6) is 1.36. The van der Waals surface area contributed by atoms with Crippen LogP contribution in [0.25, 0.3) is 10.1 Å². The van der Waals surface area contributed by atoms with Gasteiger partial charge in [0.1, 0.15) is 0 Å². The summed E-state index contributed by atoms with van der Waals surface area (Å²) in [5.41, 5.74) is 8.22. The van der Waals surface area contributed by atoms with E-state index < -0.39 is 0 Å². The molecule has 0 aliphatic heterocycles. The largest absolute Gasteiger partial charge is 0.325 e. The Morgan fingerprint density at radius 3 is 2.95 bits per heavy atom. The van der Waals surface area contributed by atoms with Crippen molar-refractivity contribution in [2.24, 2.45) is 17.6 Å². The van der Waals surface area contributed by atoms with Crippen molar-refractivity contribution in [2.45, 2.75) is 45.1 Å². The highest BCUT2D eigenvalue weighted by molar-refractivity contribution is 7.17. The molecular weight excluding hydrogens is 250 g/mol. The fourth-order valence-electron chi connectivity index (χ4n) is 3.57. The van der Waals surface area contributed by atoms with Crippen molar-refractivity contribution >= 4 is 21.4 Å². The summed E-state index contributed by atoms with van der Waals surface area (Å²) in [6.07, 6.45) is 4.82. The van der Waals surface area contributed by atoms with Crippen molar-refractivity contribution in [1.82, 2.24) is 0 Å². The van der Waals surface area contributed by atoms with Crippen molar-refractivity contribution in [3.05, 3.63) is 35.2 Å². The summed E-state index contributed by atoms with van der Waals surface area (Å²) in [6, 6.07) is 8.70. The van der Waals surface area contributed by atoms with Crippen LogP contribution in [0.4, 0.5) is 0 Å². The van der Waals surface area contributed by atoms with E-state index in [0.717, 1.165) is 12.3 Å². The minimum Gasteiger partial charge on any atom is -0.325 e. The monoisotopic (exact) mass is 273 g/mol. The third-order valence-corrected chi connectivity index (χ3v) is 6.16. The van der Waals surface area contributed by atoms with Crippen molar-refractivity contribution in [2.75, 3.05) is 0 Å². The third kappa shape index (κ3) is 2.32. The van der Waals surface area contributed by atoms with E-state index in [9.17, 15) is 0 Å². The molecule has 1 nitrogen and oxygen atoms in total. The number of fused-ring (bicyclic) bond motifs is 1. The first kappa shape index (κ1) is 13.1. The summed E-state index contributed by atoms with van der Waals surface area (Å²) in [7, 11) is 0. The van der Waals surface area contributed by atoms with E-state index in [1.165, 1.54) is 34.9 Å². The standard InChI is InChI=1S/C17H23NS/c1-12-6-5-9-17(18,13(12)2)10-14-11-19-16-8-4-3-7-15(14)16/h3-4,7-8,11-13H,5-6,9-10,18H2,1-2H3. The van der Waals surface area contributed by atoms with Crippen LogP contribution in [0.15, 0.2) is 29.6 Å². The van der Waals surface area contributed by atoms with Crippen LogP contribution in [0.1, 0.15) is 38.7 Å². The van der Waals surface area contributed by atoms with Crippen LogP contribution in [0, 0.1) is 11.8 Å². The zero-order valence-corrected chi connectivity index (χ0v) is 12.7. The molecule has 3 unspecified atom stereocenters. The Bertz CT molecular complexity index is 573. The summed E-state index contributed by atoms with van der Waals surface area (Å²) in [6.45, 7) is 4.70. The minimum atomic E-state index is -0.0124. The predicted molar refractivity (Wildman–Crippen MR) is 84.6 cm³/mol. The third-order valence-electron chi connectivity index (χ3n) is 5.14. The van der Waals surface area contributed by atoms with E-state index in [1.807, 2.05) is 11.3 Å². The van der Waals surface area contributed by atoms with E-state index >= 15 is 0 Å². The Morgan fingerprint density at radius 2 is 2.11 bits per heavy atom. The molecule has 1 aromatic carbocycles. The maximum Gasteiger partial charge on any atom is 0.0345 e. The highest BCUT2D eigenvalue weighted by Gasteiger charge is 2.38. The van der Waals surface area contributed by atoms with Gasteiger partial charge in [-0.15, -0.1) is 11.3 Å². The molecule has 0 saturated heterocycles. The Balaban J connectivity index is 1.91. The average molecular weight is 273 g/mol. The first-order chi connectivity index (χ1) is 9.10.